The molecular weight excluding hydrogens is 370 g/mol. The number of hydrogen-bond acceptors (Lipinski definition) is 5. The molecule has 0 atom stereocenters. The molecule has 2 aromatic rings. The summed E-state index contributed by atoms with van der Waals surface area (Å²) in [7, 11) is 0. The van der Waals surface area contributed by atoms with Crippen molar-refractivity contribution in [2.45, 2.75) is 0 Å². The van der Waals surface area contributed by atoms with Gasteiger partial charge in [0, 0.05) is 43.1 Å². The van der Waals surface area contributed by atoms with Crippen molar-refractivity contribution in [3.05, 3.63) is 54.1 Å². The zero-order valence-corrected chi connectivity index (χ0v) is 15.5. The summed E-state index contributed by atoms with van der Waals surface area (Å²) in [6.45, 7) is 3.49. The number of rotatable bonds is 6. The Morgan fingerprint density at radius 3 is 2.26 bits per heavy atom. The van der Waals surface area contributed by atoms with Crippen molar-refractivity contribution in [3.63, 3.8) is 0 Å². The van der Waals surface area contributed by atoms with E-state index in [2.05, 4.69) is 15.5 Å². The maximum absolute atomic E-state index is 12.3. The summed E-state index contributed by atoms with van der Waals surface area (Å²) in [5.74, 6) is -0.870. The summed E-state index contributed by atoms with van der Waals surface area (Å²) in [6, 6.07) is 14.1. The van der Waals surface area contributed by atoms with Gasteiger partial charge in [0.05, 0.1) is 0 Å². The number of carboxylic acids is 1. The Morgan fingerprint density at radius 1 is 1.04 bits per heavy atom. The van der Waals surface area contributed by atoms with E-state index in [0.29, 0.717) is 11.3 Å². The van der Waals surface area contributed by atoms with Crippen molar-refractivity contribution in [1.29, 1.82) is 0 Å². The lowest BCUT2D eigenvalue weighted by molar-refractivity contribution is -0.139. The van der Waals surface area contributed by atoms with Gasteiger partial charge in [-0.05, 0) is 48.5 Å². The van der Waals surface area contributed by atoms with Gasteiger partial charge in [0.15, 0.2) is 6.61 Å². The van der Waals surface area contributed by atoms with Crippen LogP contribution in [0.1, 0.15) is 10.4 Å². The maximum Gasteiger partial charge on any atom is 0.341 e. The van der Waals surface area contributed by atoms with Gasteiger partial charge in [-0.15, -0.1) is 12.4 Å². The van der Waals surface area contributed by atoms with Crippen LogP contribution in [0.2, 0.25) is 0 Å². The molecule has 0 radical (unpaired) electrons. The lowest BCUT2D eigenvalue weighted by Gasteiger charge is -2.29. The summed E-state index contributed by atoms with van der Waals surface area (Å²) in [5, 5.41) is 14.8. The molecule has 144 valence electrons. The van der Waals surface area contributed by atoms with Crippen molar-refractivity contribution < 1.29 is 19.4 Å². The molecule has 0 aliphatic carbocycles. The van der Waals surface area contributed by atoms with Crippen LogP contribution in [-0.2, 0) is 4.79 Å². The molecule has 1 heterocycles. The highest BCUT2D eigenvalue weighted by Crippen LogP contribution is 2.19. The standard InChI is InChI=1S/C19H21N3O4.ClH/c23-18(24)13-26-17-7-1-14(2-8-17)19(25)21-15-3-5-16(6-4-15)22-11-9-20-10-12-22;/h1-8,20H,9-13H2,(H,21,25)(H,23,24);1H. The van der Waals surface area contributed by atoms with E-state index < -0.39 is 12.6 Å². The highest BCUT2D eigenvalue weighted by atomic mass is 35.5. The summed E-state index contributed by atoms with van der Waals surface area (Å²) in [6.07, 6.45) is 0. The molecule has 1 fully saturated rings. The molecule has 1 saturated heterocycles. The van der Waals surface area contributed by atoms with Crippen molar-refractivity contribution in [2.24, 2.45) is 0 Å². The summed E-state index contributed by atoms with van der Waals surface area (Å²) in [4.78, 5) is 25.1. The molecule has 0 unspecified atom stereocenters. The third-order valence-corrected chi connectivity index (χ3v) is 4.09. The van der Waals surface area contributed by atoms with Gasteiger partial charge in [-0.3, -0.25) is 4.79 Å². The second-order valence-electron chi connectivity index (χ2n) is 5.94. The van der Waals surface area contributed by atoms with Crippen molar-refractivity contribution in [3.8, 4) is 5.75 Å². The summed E-state index contributed by atoms with van der Waals surface area (Å²) < 4.78 is 5.05. The first-order valence-electron chi connectivity index (χ1n) is 8.43. The molecule has 3 rings (SSSR count). The number of nitrogens with one attached hydrogen (secondary N) is 2. The van der Waals surface area contributed by atoms with Gasteiger partial charge in [0.2, 0.25) is 0 Å². The lowest BCUT2D eigenvalue weighted by Crippen LogP contribution is -2.43. The van der Waals surface area contributed by atoms with Crippen LogP contribution in [0.4, 0.5) is 11.4 Å². The van der Waals surface area contributed by atoms with Crippen molar-refractivity contribution >= 4 is 35.7 Å². The van der Waals surface area contributed by atoms with Crippen LogP contribution in [0.15, 0.2) is 48.5 Å². The maximum atomic E-state index is 12.3. The predicted octanol–water partition coefficient (Wildman–Crippen LogP) is 2.23. The Morgan fingerprint density at radius 2 is 1.67 bits per heavy atom. The molecule has 1 amide bonds. The minimum atomic E-state index is -1.05. The monoisotopic (exact) mass is 391 g/mol. The zero-order valence-electron chi connectivity index (χ0n) is 14.7. The number of carbonyl (C=O) groups excluding carboxylic acids is 1. The minimum absolute atomic E-state index is 0. The first kappa shape index (κ1) is 20.5. The van der Waals surface area contributed by atoms with E-state index in [1.54, 1.807) is 24.3 Å². The second kappa shape index (κ2) is 9.80. The molecule has 3 N–H and O–H groups in total. The van der Waals surface area contributed by atoms with E-state index in [1.807, 2.05) is 24.3 Å². The van der Waals surface area contributed by atoms with E-state index in [0.717, 1.165) is 37.6 Å². The number of amides is 1. The molecule has 7 nitrogen and oxygen atoms in total. The number of anilines is 2. The van der Waals surface area contributed by atoms with Crippen LogP contribution in [0, 0.1) is 0 Å². The molecule has 0 aromatic heterocycles. The predicted molar refractivity (Wildman–Crippen MR) is 106 cm³/mol. The molecule has 0 spiro atoms. The largest absolute Gasteiger partial charge is 0.482 e. The number of carbonyl (C=O) groups is 2. The van der Waals surface area contributed by atoms with E-state index in [-0.39, 0.29) is 18.3 Å². The molecule has 8 heteroatoms. The number of halogens is 1. The Kier molecular flexibility index (Phi) is 7.45. The molecule has 0 saturated carbocycles. The van der Waals surface area contributed by atoms with Gasteiger partial charge in [-0.2, -0.15) is 0 Å². The van der Waals surface area contributed by atoms with Crippen LogP contribution in [-0.4, -0.2) is 49.8 Å². The molecule has 27 heavy (non-hydrogen) atoms. The fourth-order valence-corrected chi connectivity index (χ4v) is 2.73. The SMILES string of the molecule is Cl.O=C(O)COc1ccc(C(=O)Nc2ccc(N3CCNCC3)cc2)cc1. The average Bonchev–Trinajstić information content (AvgIpc) is 2.68. The fourth-order valence-electron chi connectivity index (χ4n) is 2.73. The van der Waals surface area contributed by atoms with Crippen LogP contribution in [0.25, 0.3) is 0 Å². The van der Waals surface area contributed by atoms with Crippen LogP contribution >= 0.6 is 12.4 Å². The topological polar surface area (TPSA) is 90.9 Å². The number of piperazine rings is 1. The number of aliphatic carboxylic acids is 1. The quantitative estimate of drug-likeness (QED) is 0.699. The third kappa shape index (κ3) is 5.87. The summed E-state index contributed by atoms with van der Waals surface area (Å²) in [5.41, 5.74) is 2.34. The van der Waals surface area contributed by atoms with E-state index >= 15 is 0 Å². The molecule has 0 bridgehead atoms. The average molecular weight is 392 g/mol. The molecule has 2 aromatic carbocycles. The Balaban J connectivity index is 0.00000261. The number of ether oxygens (including phenoxy) is 1. The zero-order chi connectivity index (χ0) is 18.4. The Bertz CT molecular complexity index is 760. The molecule has 1 aliphatic rings. The van der Waals surface area contributed by atoms with E-state index in [1.165, 1.54) is 0 Å². The summed E-state index contributed by atoms with van der Waals surface area (Å²) >= 11 is 0. The van der Waals surface area contributed by atoms with E-state index in [9.17, 15) is 9.59 Å². The number of benzene rings is 2. The minimum Gasteiger partial charge on any atom is -0.482 e. The number of nitrogens with zero attached hydrogens (tertiary/aromatic N) is 1. The molecular formula is C19H22ClN3O4. The Hall–Kier alpha value is -2.77. The van der Waals surface area contributed by atoms with E-state index in [4.69, 9.17) is 9.84 Å². The molecule has 1 aliphatic heterocycles. The first-order chi connectivity index (χ1) is 12.6. The van der Waals surface area contributed by atoms with Gasteiger partial charge in [-0.1, -0.05) is 0 Å². The van der Waals surface area contributed by atoms with Gasteiger partial charge in [0.1, 0.15) is 5.75 Å². The van der Waals surface area contributed by atoms with Crippen LogP contribution in [0.5, 0.6) is 5.75 Å². The van der Waals surface area contributed by atoms with Gasteiger partial charge in [0.25, 0.3) is 5.91 Å². The highest BCUT2D eigenvalue weighted by Gasteiger charge is 2.11. The number of hydrogen-bond donors (Lipinski definition) is 3. The fraction of sp³-hybridized carbons (Fsp3) is 0.263. The third-order valence-electron chi connectivity index (χ3n) is 4.09. The van der Waals surface area contributed by atoms with Crippen LogP contribution in [0.3, 0.4) is 0 Å². The van der Waals surface area contributed by atoms with Crippen LogP contribution < -0.4 is 20.3 Å². The second-order valence-corrected chi connectivity index (χ2v) is 5.94. The first-order valence-corrected chi connectivity index (χ1v) is 8.43. The smallest absolute Gasteiger partial charge is 0.341 e. The lowest BCUT2D eigenvalue weighted by atomic mass is 10.2. The normalized spacial score (nSPS) is 13.4. The van der Waals surface area contributed by atoms with Crippen molar-refractivity contribution in [1.82, 2.24) is 5.32 Å². The van der Waals surface area contributed by atoms with Gasteiger partial charge >= 0.3 is 5.97 Å². The Labute approximate surface area is 163 Å². The highest BCUT2D eigenvalue weighted by molar-refractivity contribution is 6.04. The number of carboxylic acid groups (broad SMARTS) is 1. The van der Waals surface area contributed by atoms with Gasteiger partial charge in [-0.25, -0.2) is 4.79 Å². The van der Waals surface area contributed by atoms with Crippen molar-refractivity contribution in [2.75, 3.05) is 43.0 Å². The van der Waals surface area contributed by atoms with Gasteiger partial charge < -0.3 is 25.4 Å².